The maximum Gasteiger partial charge on any atom is 0.0835 e. The molecule has 3 aliphatic rings. The molecule has 44 heavy (non-hydrogen) atoms. The van der Waals surface area contributed by atoms with E-state index in [0.29, 0.717) is 0 Å². The van der Waals surface area contributed by atoms with Gasteiger partial charge in [0.2, 0.25) is 0 Å². The highest BCUT2D eigenvalue weighted by Crippen LogP contribution is 2.47. The fourth-order valence-corrected chi connectivity index (χ4v) is 7.70. The van der Waals surface area contributed by atoms with Crippen LogP contribution in [0, 0.1) is 0 Å². The lowest BCUT2D eigenvalue weighted by Gasteiger charge is -2.32. The topological polar surface area (TPSA) is 25.5 Å². The van der Waals surface area contributed by atoms with Gasteiger partial charge >= 0.3 is 0 Å². The fraction of sp³-hybridized carbons (Fsp3) is 0.125. The molecule has 8 bridgehead atoms. The number of aromatic nitrogens is 2. The second kappa shape index (κ2) is 8.84. The first-order chi connectivity index (χ1) is 21.4. The van der Waals surface area contributed by atoms with E-state index in [2.05, 4.69) is 163 Å². The minimum absolute atomic E-state index is 0.361. The summed E-state index contributed by atoms with van der Waals surface area (Å²) in [5.74, 6) is 0. The van der Waals surface area contributed by atoms with Crippen molar-refractivity contribution in [3.8, 4) is 0 Å². The molecule has 0 N–H and O–H groups in total. The Bertz CT molecular complexity index is 2440. The van der Waals surface area contributed by atoms with E-state index in [4.69, 9.17) is 4.99 Å². The van der Waals surface area contributed by atoms with Gasteiger partial charge in [0.25, 0.3) is 0 Å². The Morgan fingerprint density at radius 2 is 1.11 bits per heavy atom. The molecule has 0 spiro atoms. The molecule has 1 atom stereocenters. The zero-order valence-electron chi connectivity index (χ0n) is 25.3. The third-order valence-electron chi connectivity index (χ3n) is 10.2. The molecule has 0 aliphatic carbocycles. The van der Waals surface area contributed by atoms with Gasteiger partial charge in [-0.2, -0.15) is 0 Å². The van der Waals surface area contributed by atoms with Crippen LogP contribution in [0.3, 0.4) is 0 Å². The first-order valence-corrected chi connectivity index (χ1v) is 15.2. The normalized spacial score (nSPS) is 22.3. The Kier molecular flexibility index (Phi) is 5.06. The highest BCUT2D eigenvalue weighted by atomic mass is 15.2. The molecule has 5 heterocycles. The van der Waals surface area contributed by atoms with Gasteiger partial charge < -0.3 is 14.0 Å². The summed E-state index contributed by atoms with van der Waals surface area (Å²) >= 11 is 0. The number of hydrogen-bond donors (Lipinski definition) is 0. The molecule has 4 aromatic carbocycles. The van der Waals surface area contributed by atoms with Crippen molar-refractivity contribution in [3.05, 3.63) is 141 Å². The van der Waals surface area contributed by atoms with Crippen LogP contribution in [-0.4, -0.2) is 26.8 Å². The van der Waals surface area contributed by atoms with E-state index in [9.17, 15) is 0 Å². The minimum Gasteiger partial charge on any atom is -0.361 e. The molecule has 2 aromatic heterocycles. The molecule has 0 amide bonds. The van der Waals surface area contributed by atoms with Crippen molar-refractivity contribution in [2.45, 2.75) is 12.5 Å². The standard InChI is InChI=1S/C40H32N4/c1-40-24-39-30-18-10-9-17-29(30)36(43(39)3)22-34-26-14-6-5-13-25(26)33(41-34)21-35-27-15-7-8-16-28(27)37(42(35)2)23-38(44(40)4)31-19-11-12-20-32(31)40/h5-24H,1-4H3/b33-21-,36-22-,38-23-,39-24-. The summed E-state index contributed by atoms with van der Waals surface area (Å²) < 4.78 is 4.69. The van der Waals surface area contributed by atoms with Crippen LogP contribution in [0.4, 0.5) is 0 Å². The second-order valence-corrected chi connectivity index (χ2v) is 12.4. The minimum atomic E-state index is -0.361. The molecule has 0 saturated carbocycles. The summed E-state index contributed by atoms with van der Waals surface area (Å²) in [5, 5.41) is 7.31. The van der Waals surface area contributed by atoms with Crippen LogP contribution in [-0.2, 0) is 19.6 Å². The molecule has 1 unspecified atom stereocenters. The Balaban J connectivity index is 1.48. The van der Waals surface area contributed by atoms with Crippen molar-refractivity contribution in [3.63, 3.8) is 0 Å². The van der Waals surface area contributed by atoms with Gasteiger partial charge in [-0.1, -0.05) is 97.1 Å². The summed E-state index contributed by atoms with van der Waals surface area (Å²) in [7, 11) is 6.62. The van der Waals surface area contributed by atoms with E-state index in [1.165, 1.54) is 60.5 Å². The third-order valence-corrected chi connectivity index (χ3v) is 10.2. The number of aliphatic imine (C=N–C) groups is 1. The van der Waals surface area contributed by atoms with Crippen LogP contribution in [0.2, 0.25) is 0 Å². The van der Waals surface area contributed by atoms with Gasteiger partial charge in [-0.25, -0.2) is 4.99 Å². The van der Waals surface area contributed by atoms with E-state index in [1.54, 1.807) is 0 Å². The number of benzene rings is 4. The van der Waals surface area contributed by atoms with Crippen molar-refractivity contribution in [1.82, 2.24) is 14.0 Å². The average Bonchev–Trinajstić information content (AvgIpc) is 3.69. The molecule has 0 saturated heterocycles. The molecule has 4 nitrogen and oxygen atoms in total. The third kappa shape index (κ3) is 3.25. The Hall–Kier alpha value is -5.35. The first-order valence-electron chi connectivity index (χ1n) is 15.2. The fourth-order valence-electron chi connectivity index (χ4n) is 7.70. The molecule has 3 aliphatic heterocycles. The quantitative estimate of drug-likeness (QED) is 0.196. The zero-order chi connectivity index (χ0) is 29.7. The van der Waals surface area contributed by atoms with Crippen LogP contribution in [0.15, 0.2) is 102 Å². The van der Waals surface area contributed by atoms with Gasteiger partial charge in [-0.15, -0.1) is 0 Å². The zero-order valence-corrected chi connectivity index (χ0v) is 25.3. The molecule has 0 fully saturated rings. The molecule has 4 heteroatoms. The highest BCUT2D eigenvalue weighted by molar-refractivity contribution is 6.28. The van der Waals surface area contributed by atoms with E-state index in [0.717, 1.165) is 22.5 Å². The summed E-state index contributed by atoms with van der Waals surface area (Å²) in [6.45, 7) is 2.35. The second-order valence-electron chi connectivity index (χ2n) is 12.4. The molecule has 0 radical (unpaired) electrons. The van der Waals surface area contributed by atoms with Crippen LogP contribution in [0.25, 0.3) is 57.2 Å². The summed E-state index contributed by atoms with van der Waals surface area (Å²) in [6.07, 6.45) is 9.39. The van der Waals surface area contributed by atoms with E-state index in [1.807, 2.05) is 0 Å². The van der Waals surface area contributed by atoms with Crippen LogP contribution in [0.5, 0.6) is 0 Å². The van der Waals surface area contributed by atoms with Crippen LogP contribution >= 0.6 is 0 Å². The molecular weight excluding hydrogens is 536 g/mol. The van der Waals surface area contributed by atoms with Crippen LogP contribution in [0.1, 0.15) is 40.6 Å². The van der Waals surface area contributed by atoms with Crippen molar-refractivity contribution >= 4 is 63.0 Å². The molecule has 212 valence electrons. The van der Waals surface area contributed by atoms with Gasteiger partial charge in [-0.05, 0) is 36.8 Å². The van der Waals surface area contributed by atoms with E-state index in [-0.39, 0.29) is 5.54 Å². The van der Waals surface area contributed by atoms with Gasteiger partial charge in [-0.3, -0.25) is 0 Å². The van der Waals surface area contributed by atoms with Gasteiger partial charge in [0.05, 0.1) is 33.7 Å². The highest BCUT2D eigenvalue weighted by Gasteiger charge is 2.40. The van der Waals surface area contributed by atoms with Gasteiger partial charge in [0.15, 0.2) is 0 Å². The van der Waals surface area contributed by atoms with E-state index >= 15 is 0 Å². The predicted molar refractivity (Wildman–Crippen MR) is 184 cm³/mol. The number of hydrogen-bond acceptors (Lipinski definition) is 2. The van der Waals surface area contributed by atoms with Gasteiger partial charge in [0.1, 0.15) is 0 Å². The largest absolute Gasteiger partial charge is 0.361 e. The lowest BCUT2D eigenvalue weighted by Crippen LogP contribution is -2.36. The Morgan fingerprint density at radius 1 is 0.545 bits per heavy atom. The van der Waals surface area contributed by atoms with Crippen LogP contribution < -0.4 is 10.7 Å². The summed E-state index contributed by atoms with van der Waals surface area (Å²) in [6, 6.07) is 35.0. The van der Waals surface area contributed by atoms with Crippen molar-refractivity contribution in [2.24, 2.45) is 19.1 Å². The number of nitrogens with zero attached hydrogens (tertiary/aromatic N) is 4. The smallest absolute Gasteiger partial charge is 0.0835 e. The molecule has 6 aromatic rings. The first kappa shape index (κ1) is 25.2. The van der Waals surface area contributed by atoms with E-state index < -0.39 is 0 Å². The monoisotopic (exact) mass is 568 g/mol. The lowest BCUT2D eigenvalue weighted by atomic mass is 9.91. The van der Waals surface area contributed by atoms with Crippen molar-refractivity contribution in [2.75, 3.05) is 7.05 Å². The number of rotatable bonds is 0. The SMILES string of the molecule is CN1/C2=C\c3c4ccccc4c(n3C)/C=C3N=C(/C=c4/c5ccccc5/c(n4C)=C/C1(C)c1ccccc12)c1ccccc1\3. The molecular formula is C40H32N4. The summed E-state index contributed by atoms with van der Waals surface area (Å²) in [5.41, 5.74) is 10.1. The maximum absolute atomic E-state index is 5.31. The van der Waals surface area contributed by atoms with Crippen molar-refractivity contribution < 1.29 is 0 Å². The predicted octanol–water partition coefficient (Wildman–Crippen LogP) is 6.90. The number of fused-ring (bicyclic) bond motifs is 19. The maximum atomic E-state index is 5.31. The Morgan fingerprint density at radius 3 is 1.84 bits per heavy atom. The summed E-state index contributed by atoms with van der Waals surface area (Å²) in [4.78, 5) is 7.77. The Labute approximate surface area is 256 Å². The van der Waals surface area contributed by atoms with Crippen molar-refractivity contribution in [1.29, 1.82) is 0 Å². The van der Waals surface area contributed by atoms with Gasteiger partial charge in [0, 0.05) is 70.4 Å². The lowest BCUT2D eigenvalue weighted by molar-refractivity contribution is 0.325. The average molecular weight is 569 g/mol. The molecule has 9 rings (SSSR count).